The molecule has 1 rings (SSSR count). The van der Waals surface area contributed by atoms with Gasteiger partial charge >= 0.3 is 5.97 Å². The summed E-state index contributed by atoms with van der Waals surface area (Å²) in [6.07, 6.45) is 1.52. The van der Waals surface area contributed by atoms with E-state index in [0.717, 1.165) is 23.5 Å². The highest BCUT2D eigenvalue weighted by Crippen LogP contribution is 2.20. The maximum absolute atomic E-state index is 12.1. The smallest absolute Gasteiger partial charge is 0.349 e. The molecule has 1 amide bonds. The standard InChI is InChI=1S/C20H29N3O3/c1-13(2)11-23-14(3)8-16(15(23)4)9-17(10-21)19(25)26-12-18(24)22-20(5,6)7/h8-9,13H,11-12H2,1-7H3,(H,22,24)/b17-9+. The summed E-state index contributed by atoms with van der Waals surface area (Å²) in [5, 5.41) is 12.0. The molecule has 0 fully saturated rings. The number of aryl methyl sites for hydroxylation is 1. The molecule has 6 nitrogen and oxygen atoms in total. The van der Waals surface area contributed by atoms with Crippen LogP contribution in [0, 0.1) is 31.1 Å². The Hall–Kier alpha value is -2.55. The fraction of sp³-hybridized carbons (Fsp3) is 0.550. The van der Waals surface area contributed by atoms with Crippen molar-refractivity contribution in [2.45, 2.75) is 60.5 Å². The van der Waals surface area contributed by atoms with E-state index in [9.17, 15) is 14.9 Å². The Bertz CT molecular complexity index is 744. The zero-order valence-corrected chi connectivity index (χ0v) is 16.8. The van der Waals surface area contributed by atoms with Crippen molar-refractivity contribution >= 4 is 18.0 Å². The van der Waals surface area contributed by atoms with Gasteiger partial charge in [0, 0.05) is 23.5 Å². The summed E-state index contributed by atoms with van der Waals surface area (Å²) in [6.45, 7) is 14.2. The van der Waals surface area contributed by atoms with Gasteiger partial charge in [-0.2, -0.15) is 5.26 Å². The van der Waals surface area contributed by atoms with Crippen molar-refractivity contribution in [2.24, 2.45) is 5.92 Å². The van der Waals surface area contributed by atoms with Gasteiger partial charge in [-0.05, 0) is 58.2 Å². The van der Waals surface area contributed by atoms with Gasteiger partial charge in [0.15, 0.2) is 6.61 Å². The molecule has 6 heteroatoms. The van der Waals surface area contributed by atoms with Crippen LogP contribution in [0.5, 0.6) is 0 Å². The first-order valence-electron chi connectivity index (χ1n) is 8.71. The van der Waals surface area contributed by atoms with Gasteiger partial charge in [-0.1, -0.05) is 13.8 Å². The van der Waals surface area contributed by atoms with E-state index in [4.69, 9.17) is 4.74 Å². The van der Waals surface area contributed by atoms with E-state index in [-0.39, 0.29) is 5.57 Å². The lowest BCUT2D eigenvalue weighted by Crippen LogP contribution is -2.42. The van der Waals surface area contributed by atoms with Crippen LogP contribution in [0.3, 0.4) is 0 Å². The molecular weight excluding hydrogens is 330 g/mol. The highest BCUT2D eigenvalue weighted by atomic mass is 16.5. The van der Waals surface area contributed by atoms with E-state index in [1.165, 1.54) is 6.08 Å². The van der Waals surface area contributed by atoms with E-state index < -0.39 is 24.0 Å². The van der Waals surface area contributed by atoms with Gasteiger partial charge in [-0.3, -0.25) is 4.79 Å². The predicted molar refractivity (Wildman–Crippen MR) is 101 cm³/mol. The molecule has 0 radical (unpaired) electrons. The average molecular weight is 359 g/mol. The number of amides is 1. The van der Waals surface area contributed by atoms with Crippen LogP contribution in [0.2, 0.25) is 0 Å². The van der Waals surface area contributed by atoms with Gasteiger partial charge in [0.25, 0.3) is 5.91 Å². The molecule has 1 N–H and O–H groups in total. The Morgan fingerprint density at radius 1 is 1.35 bits per heavy atom. The Kier molecular flexibility index (Phi) is 7.19. The Balaban J connectivity index is 2.90. The second kappa shape index (κ2) is 8.70. The van der Waals surface area contributed by atoms with Crippen LogP contribution in [0.1, 0.15) is 51.6 Å². The molecule has 0 atom stereocenters. The molecule has 0 saturated heterocycles. The van der Waals surface area contributed by atoms with Crippen molar-refractivity contribution in [3.63, 3.8) is 0 Å². The number of aromatic nitrogens is 1. The minimum atomic E-state index is -0.801. The number of carbonyl (C=O) groups excluding carboxylic acids is 2. The summed E-state index contributed by atoms with van der Waals surface area (Å²) in [5.74, 6) is -0.721. The first-order valence-corrected chi connectivity index (χ1v) is 8.71. The van der Waals surface area contributed by atoms with Gasteiger partial charge < -0.3 is 14.6 Å². The largest absolute Gasteiger partial charge is 0.451 e. The minimum absolute atomic E-state index is 0.127. The third kappa shape index (κ3) is 6.40. The number of hydrogen-bond donors (Lipinski definition) is 1. The van der Waals surface area contributed by atoms with E-state index in [1.807, 2.05) is 46.8 Å². The first kappa shape index (κ1) is 21.5. The van der Waals surface area contributed by atoms with Gasteiger partial charge in [-0.15, -0.1) is 0 Å². The highest BCUT2D eigenvalue weighted by molar-refractivity contribution is 5.99. The number of nitriles is 1. The fourth-order valence-corrected chi connectivity index (χ4v) is 2.58. The SMILES string of the molecule is Cc1cc(/C=C(\C#N)C(=O)OCC(=O)NC(C)(C)C)c(C)n1CC(C)C. The molecular formula is C20H29N3O3. The van der Waals surface area contributed by atoms with Crippen molar-refractivity contribution in [1.82, 2.24) is 9.88 Å². The zero-order valence-electron chi connectivity index (χ0n) is 16.8. The summed E-state index contributed by atoms with van der Waals surface area (Å²) in [4.78, 5) is 23.9. The molecule has 0 aliphatic heterocycles. The molecule has 1 aromatic rings. The van der Waals surface area contributed by atoms with Crippen LogP contribution in [0.4, 0.5) is 0 Å². The lowest BCUT2D eigenvalue weighted by Gasteiger charge is -2.20. The van der Waals surface area contributed by atoms with Gasteiger partial charge in [0.2, 0.25) is 0 Å². The maximum Gasteiger partial charge on any atom is 0.349 e. The Morgan fingerprint density at radius 2 is 1.96 bits per heavy atom. The summed E-state index contributed by atoms with van der Waals surface area (Å²) < 4.78 is 7.13. The summed E-state index contributed by atoms with van der Waals surface area (Å²) in [7, 11) is 0. The average Bonchev–Trinajstić information content (AvgIpc) is 2.75. The molecule has 0 saturated carbocycles. The van der Waals surface area contributed by atoms with Crippen LogP contribution in [-0.2, 0) is 20.9 Å². The molecule has 26 heavy (non-hydrogen) atoms. The van der Waals surface area contributed by atoms with E-state index in [2.05, 4.69) is 23.7 Å². The number of hydrogen-bond acceptors (Lipinski definition) is 4. The lowest BCUT2D eigenvalue weighted by molar-refractivity contribution is -0.144. The van der Waals surface area contributed by atoms with Crippen molar-refractivity contribution in [2.75, 3.05) is 6.61 Å². The number of ether oxygens (including phenoxy) is 1. The third-order valence-corrected chi connectivity index (χ3v) is 3.65. The molecule has 0 unspecified atom stereocenters. The first-order chi connectivity index (χ1) is 11.9. The van der Waals surface area contributed by atoms with Gasteiger partial charge in [-0.25, -0.2) is 4.79 Å². The van der Waals surface area contributed by atoms with E-state index in [0.29, 0.717) is 5.92 Å². The fourth-order valence-electron chi connectivity index (χ4n) is 2.58. The van der Waals surface area contributed by atoms with Crippen molar-refractivity contribution in [1.29, 1.82) is 5.26 Å². The van der Waals surface area contributed by atoms with Gasteiger partial charge in [0.1, 0.15) is 11.6 Å². The van der Waals surface area contributed by atoms with Crippen LogP contribution in [0.25, 0.3) is 6.08 Å². The molecule has 0 spiro atoms. The van der Waals surface area contributed by atoms with E-state index in [1.54, 1.807) is 0 Å². The molecule has 142 valence electrons. The minimum Gasteiger partial charge on any atom is -0.451 e. The van der Waals surface area contributed by atoms with Crippen LogP contribution in [0.15, 0.2) is 11.6 Å². The van der Waals surface area contributed by atoms with Gasteiger partial charge in [0.05, 0.1) is 0 Å². The topological polar surface area (TPSA) is 84.1 Å². The molecule has 0 aliphatic carbocycles. The molecule has 1 heterocycles. The van der Waals surface area contributed by atoms with E-state index >= 15 is 0 Å². The maximum atomic E-state index is 12.1. The molecule has 0 aliphatic rings. The molecule has 1 aromatic heterocycles. The summed E-state index contributed by atoms with van der Waals surface area (Å²) >= 11 is 0. The Morgan fingerprint density at radius 3 is 2.46 bits per heavy atom. The second-order valence-corrected chi connectivity index (χ2v) is 7.88. The number of carbonyl (C=O) groups is 2. The number of esters is 1. The quantitative estimate of drug-likeness (QED) is 0.480. The molecule has 0 bridgehead atoms. The number of nitrogens with one attached hydrogen (secondary N) is 1. The summed E-state index contributed by atoms with van der Waals surface area (Å²) in [5.41, 5.74) is 2.32. The van der Waals surface area contributed by atoms with Crippen LogP contribution < -0.4 is 5.32 Å². The summed E-state index contributed by atoms with van der Waals surface area (Å²) in [6, 6.07) is 3.80. The Labute approximate surface area is 155 Å². The van der Waals surface area contributed by atoms with Crippen molar-refractivity contribution < 1.29 is 14.3 Å². The third-order valence-electron chi connectivity index (χ3n) is 3.65. The molecule has 0 aromatic carbocycles. The van der Waals surface area contributed by atoms with Crippen LogP contribution in [-0.4, -0.2) is 28.6 Å². The van der Waals surface area contributed by atoms with Crippen LogP contribution >= 0.6 is 0 Å². The predicted octanol–water partition coefficient (Wildman–Crippen LogP) is 3.13. The van der Waals surface area contributed by atoms with Crippen molar-refractivity contribution in [3.05, 3.63) is 28.6 Å². The zero-order chi connectivity index (χ0) is 20.1. The highest BCUT2D eigenvalue weighted by Gasteiger charge is 2.18. The normalized spacial score (nSPS) is 12.0. The second-order valence-electron chi connectivity index (χ2n) is 7.88. The number of nitrogens with zero attached hydrogens (tertiary/aromatic N) is 2. The van der Waals surface area contributed by atoms with Crippen molar-refractivity contribution in [3.8, 4) is 6.07 Å². The number of rotatable bonds is 6. The lowest BCUT2D eigenvalue weighted by atomic mass is 10.1. The monoisotopic (exact) mass is 359 g/mol.